The van der Waals surface area contributed by atoms with E-state index in [0.717, 1.165) is 11.1 Å². The molecule has 3 aromatic carbocycles. The van der Waals surface area contributed by atoms with Crippen LogP contribution in [0.1, 0.15) is 33.0 Å². The minimum atomic E-state index is -1.01. The number of amides is 1. The van der Waals surface area contributed by atoms with Crippen molar-refractivity contribution in [1.29, 1.82) is 0 Å². The number of aromatic carboxylic acids is 1. The number of carboxylic acids is 1. The van der Waals surface area contributed by atoms with E-state index in [1.807, 2.05) is 24.3 Å². The number of benzene rings is 3. The Morgan fingerprint density at radius 1 is 1.00 bits per heavy atom. The lowest BCUT2D eigenvalue weighted by atomic mass is 9.98. The molecule has 1 heterocycles. The molecule has 0 fully saturated rings. The largest absolute Gasteiger partial charge is 0.478 e. The van der Waals surface area contributed by atoms with E-state index in [1.165, 1.54) is 22.1 Å². The van der Waals surface area contributed by atoms with Crippen LogP contribution in [0.5, 0.6) is 0 Å². The summed E-state index contributed by atoms with van der Waals surface area (Å²) in [5, 5.41) is 9.25. The van der Waals surface area contributed by atoms with Crippen molar-refractivity contribution in [2.24, 2.45) is 0 Å². The van der Waals surface area contributed by atoms with Gasteiger partial charge >= 0.3 is 12.1 Å². The quantitative estimate of drug-likeness (QED) is 0.673. The van der Waals surface area contributed by atoms with Crippen LogP contribution in [0.4, 0.5) is 10.5 Å². The van der Waals surface area contributed by atoms with Crippen LogP contribution >= 0.6 is 0 Å². The standard InChI is InChI=1S/C25H21NO5/c27-24(28)16-9-10-23-17(13-16)14-30-12-11-26(23)25(29)31-15-22-20-7-3-1-5-18(20)19-6-2-4-8-21(19)22/h1-10,13,22H,11-12,14-15H2,(H,27,28). The molecule has 0 spiro atoms. The van der Waals surface area contributed by atoms with Gasteiger partial charge in [0.25, 0.3) is 0 Å². The fourth-order valence-corrected chi connectivity index (χ4v) is 4.42. The lowest BCUT2D eigenvalue weighted by Gasteiger charge is -2.23. The second-order valence-corrected chi connectivity index (χ2v) is 7.66. The summed E-state index contributed by atoms with van der Waals surface area (Å²) in [6.45, 7) is 1.17. The third kappa shape index (κ3) is 3.45. The van der Waals surface area contributed by atoms with Gasteiger partial charge in [0.05, 0.1) is 31.0 Å². The summed E-state index contributed by atoms with van der Waals surface area (Å²) < 4.78 is 11.3. The Morgan fingerprint density at radius 2 is 1.68 bits per heavy atom. The zero-order chi connectivity index (χ0) is 21.4. The van der Waals surface area contributed by atoms with Crippen LogP contribution in [0, 0.1) is 0 Å². The zero-order valence-corrected chi connectivity index (χ0v) is 16.8. The summed E-state index contributed by atoms with van der Waals surface area (Å²) in [6.07, 6.45) is -0.461. The first-order valence-corrected chi connectivity index (χ1v) is 10.2. The Hall–Kier alpha value is -3.64. The van der Waals surface area contributed by atoms with Gasteiger partial charge in [0.2, 0.25) is 0 Å². The zero-order valence-electron chi connectivity index (χ0n) is 16.8. The highest BCUT2D eigenvalue weighted by Crippen LogP contribution is 2.44. The fraction of sp³-hybridized carbons (Fsp3) is 0.200. The third-order valence-electron chi connectivity index (χ3n) is 5.89. The number of hydrogen-bond acceptors (Lipinski definition) is 4. The van der Waals surface area contributed by atoms with Crippen LogP contribution in [0.2, 0.25) is 0 Å². The monoisotopic (exact) mass is 415 g/mol. The van der Waals surface area contributed by atoms with Gasteiger partial charge in [-0.25, -0.2) is 9.59 Å². The van der Waals surface area contributed by atoms with E-state index in [2.05, 4.69) is 24.3 Å². The number of rotatable bonds is 3. The number of hydrogen-bond donors (Lipinski definition) is 1. The summed E-state index contributed by atoms with van der Waals surface area (Å²) in [5.41, 5.74) is 6.11. The Balaban J connectivity index is 1.39. The van der Waals surface area contributed by atoms with Crippen molar-refractivity contribution in [3.05, 3.63) is 89.0 Å². The average Bonchev–Trinajstić information content (AvgIpc) is 2.95. The number of carboxylic acid groups (broad SMARTS) is 1. The molecule has 1 aliphatic heterocycles. The summed E-state index contributed by atoms with van der Waals surface area (Å²) in [5.74, 6) is -1.03. The minimum absolute atomic E-state index is 0.0200. The van der Waals surface area contributed by atoms with Gasteiger partial charge in [-0.1, -0.05) is 48.5 Å². The highest BCUT2D eigenvalue weighted by Gasteiger charge is 2.30. The highest BCUT2D eigenvalue weighted by molar-refractivity contribution is 5.92. The molecular formula is C25H21NO5. The number of carbonyl (C=O) groups excluding carboxylic acids is 1. The summed E-state index contributed by atoms with van der Waals surface area (Å²) in [4.78, 5) is 25.9. The summed E-state index contributed by atoms with van der Waals surface area (Å²) >= 11 is 0. The molecule has 0 saturated heterocycles. The first-order chi connectivity index (χ1) is 15.1. The number of carbonyl (C=O) groups is 2. The predicted molar refractivity (Wildman–Crippen MR) is 115 cm³/mol. The van der Waals surface area contributed by atoms with Gasteiger partial charge < -0.3 is 14.6 Å². The van der Waals surface area contributed by atoms with Crippen LogP contribution in [0.25, 0.3) is 11.1 Å². The molecule has 1 N–H and O–H groups in total. The number of ether oxygens (including phenoxy) is 2. The average molecular weight is 415 g/mol. The van der Waals surface area contributed by atoms with Crippen LogP contribution in [0.3, 0.4) is 0 Å². The van der Waals surface area contributed by atoms with Gasteiger partial charge in [-0.2, -0.15) is 0 Å². The van der Waals surface area contributed by atoms with Crippen molar-refractivity contribution >= 4 is 17.7 Å². The van der Waals surface area contributed by atoms with Crippen molar-refractivity contribution in [2.75, 3.05) is 24.7 Å². The fourth-order valence-electron chi connectivity index (χ4n) is 4.42. The van der Waals surface area contributed by atoms with Crippen LogP contribution in [-0.2, 0) is 16.1 Å². The Bertz CT molecular complexity index is 1130. The molecule has 0 atom stereocenters. The number of nitrogens with zero attached hydrogens (tertiary/aromatic N) is 1. The van der Waals surface area contributed by atoms with Crippen molar-refractivity contribution < 1.29 is 24.2 Å². The maximum absolute atomic E-state index is 13.0. The molecule has 156 valence electrons. The summed E-state index contributed by atoms with van der Waals surface area (Å²) in [6, 6.07) is 21.1. The van der Waals surface area contributed by atoms with Gasteiger partial charge in [0, 0.05) is 11.5 Å². The molecule has 0 unspecified atom stereocenters. The molecule has 1 amide bonds. The van der Waals surface area contributed by atoms with Crippen molar-refractivity contribution in [2.45, 2.75) is 12.5 Å². The Morgan fingerprint density at radius 3 is 2.35 bits per heavy atom. The van der Waals surface area contributed by atoms with Crippen LogP contribution in [0.15, 0.2) is 66.7 Å². The lowest BCUT2D eigenvalue weighted by Crippen LogP contribution is -2.34. The Labute approximate surface area is 179 Å². The second-order valence-electron chi connectivity index (χ2n) is 7.66. The van der Waals surface area contributed by atoms with Crippen molar-refractivity contribution in [1.82, 2.24) is 0 Å². The maximum Gasteiger partial charge on any atom is 0.414 e. The summed E-state index contributed by atoms with van der Waals surface area (Å²) in [7, 11) is 0. The topological polar surface area (TPSA) is 76.1 Å². The molecule has 0 saturated carbocycles. The predicted octanol–water partition coefficient (Wildman–Crippen LogP) is 4.67. The van der Waals surface area contributed by atoms with E-state index in [4.69, 9.17) is 9.47 Å². The molecule has 2 aliphatic rings. The normalized spacial score (nSPS) is 14.9. The Kier molecular flexibility index (Phi) is 4.92. The van der Waals surface area contributed by atoms with Crippen LogP contribution < -0.4 is 4.90 Å². The van der Waals surface area contributed by atoms with Gasteiger partial charge in [-0.3, -0.25) is 4.90 Å². The number of fused-ring (bicyclic) bond motifs is 4. The lowest BCUT2D eigenvalue weighted by molar-refractivity contribution is 0.0696. The minimum Gasteiger partial charge on any atom is -0.478 e. The molecule has 1 aliphatic carbocycles. The van der Waals surface area contributed by atoms with Gasteiger partial charge in [-0.05, 0) is 40.5 Å². The molecule has 3 aromatic rings. The van der Waals surface area contributed by atoms with E-state index in [9.17, 15) is 14.7 Å². The third-order valence-corrected chi connectivity index (χ3v) is 5.89. The molecule has 31 heavy (non-hydrogen) atoms. The van der Waals surface area contributed by atoms with Crippen molar-refractivity contribution in [3.63, 3.8) is 0 Å². The molecular weight excluding hydrogens is 394 g/mol. The molecule has 0 aromatic heterocycles. The van der Waals surface area contributed by atoms with E-state index in [1.54, 1.807) is 12.1 Å². The van der Waals surface area contributed by atoms with E-state index < -0.39 is 12.1 Å². The van der Waals surface area contributed by atoms with Gasteiger partial charge in [-0.15, -0.1) is 0 Å². The highest BCUT2D eigenvalue weighted by atomic mass is 16.6. The smallest absolute Gasteiger partial charge is 0.414 e. The maximum atomic E-state index is 13.0. The second kappa shape index (κ2) is 7.89. The van der Waals surface area contributed by atoms with E-state index >= 15 is 0 Å². The molecule has 0 bridgehead atoms. The van der Waals surface area contributed by atoms with E-state index in [0.29, 0.717) is 24.4 Å². The molecule has 0 radical (unpaired) electrons. The van der Waals surface area contributed by atoms with E-state index in [-0.39, 0.29) is 24.7 Å². The SMILES string of the molecule is O=C(O)c1ccc2c(c1)COCCN2C(=O)OCC1c2ccccc2-c2ccccc21. The number of anilines is 1. The van der Waals surface area contributed by atoms with Gasteiger partial charge in [0.15, 0.2) is 0 Å². The molecule has 5 rings (SSSR count). The molecule has 6 nitrogen and oxygen atoms in total. The first-order valence-electron chi connectivity index (χ1n) is 10.2. The van der Waals surface area contributed by atoms with Gasteiger partial charge in [0.1, 0.15) is 6.61 Å². The van der Waals surface area contributed by atoms with Crippen molar-refractivity contribution in [3.8, 4) is 11.1 Å². The first kappa shape index (κ1) is 19.3. The molecule has 6 heteroatoms. The van der Waals surface area contributed by atoms with Crippen LogP contribution in [-0.4, -0.2) is 36.9 Å².